The largest absolute Gasteiger partial charge is 0.355 e. The molecule has 6 nitrogen and oxygen atoms in total. The van der Waals surface area contributed by atoms with E-state index < -0.39 is 0 Å². The molecule has 1 aliphatic rings. The Labute approximate surface area is 164 Å². The summed E-state index contributed by atoms with van der Waals surface area (Å²) in [6.07, 6.45) is 2.05. The third-order valence-corrected chi connectivity index (χ3v) is 5.03. The summed E-state index contributed by atoms with van der Waals surface area (Å²) in [5.41, 5.74) is 2.30. The van der Waals surface area contributed by atoms with Gasteiger partial charge >= 0.3 is 0 Å². The lowest BCUT2D eigenvalue weighted by Gasteiger charge is -2.31. The number of guanidine groups is 1. The maximum absolute atomic E-state index is 12.7. The summed E-state index contributed by atoms with van der Waals surface area (Å²) in [6, 6.07) is 9.18. The molecule has 0 radical (unpaired) electrons. The maximum atomic E-state index is 12.7. The molecule has 1 aliphatic heterocycles. The molecule has 6 heteroatoms. The molecule has 0 fully saturated rings. The van der Waals surface area contributed by atoms with Crippen LogP contribution in [-0.2, 0) is 11.2 Å². The van der Waals surface area contributed by atoms with Crippen LogP contribution in [0.15, 0.2) is 29.3 Å². The second-order valence-electron chi connectivity index (χ2n) is 7.56. The van der Waals surface area contributed by atoms with E-state index in [2.05, 4.69) is 54.3 Å². The van der Waals surface area contributed by atoms with Gasteiger partial charge < -0.3 is 15.5 Å². The minimum atomic E-state index is 0.0797. The quantitative estimate of drug-likeness (QED) is 0.568. The lowest BCUT2D eigenvalue weighted by Crippen LogP contribution is -2.48. The number of aliphatic imine (C=N–C) groups is 1. The summed E-state index contributed by atoms with van der Waals surface area (Å²) >= 11 is 0. The number of hydrogen-bond acceptors (Lipinski definition) is 3. The second kappa shape index (κ2) is 10.3. The van der Waals surface area contributed by atoms with Gasteiger partial charge in [-0.15, -0.1) is 0 Å². The minimum Gasteiger partial charge on any atom is -0.355 e. The molecule has 0 aliphatic carbocycles. The van der Waals surface area contributed by atoms with Gasteiger partial charge in [0.2, 0.25) is 5.91 Å². The zero-order valence-electron chi connectivity index (χ0n) is 17.5. The van der Waals surface area contributed by atoms with Gasteiger partial charge in [-0.05, 0) is 52.2 Å². The first kappa shape index (κ1) is 21.2. The average molecular weight is 374 g/mol. The third-order valence-electron chi connectivity index (χ3n) is 5.03. The van der Waals surface area contributed by atoms with E-state index in [1.807, 2.05) is 23.1 Å². The van der Waals surface area contributed by atoms with Crippen LogP contribution in [0.1, 0.15) is 39.7 Å². The zero-order valence-corrected chi connectivity index (χ0v) is 17.5. The van der Waals surface area contributed by atoms with Crippen LogP contribution < -0.4 is 15.5 Å². The van der Waals surface area contributed by atoms with E-state index in [1.165, 1.54) is 5.56 Å². The van der Waals surface area contributed by atoms with Crippen LogP contribution in [0.2, 0.25) is 0 Å². The molecular weight excluding hydrogens is 338 g/mol. The van der Waals surface area contributed by atoms with Gasteiger partial charge in [0.25, 0.3) is 0 Å². The summed E-state index contributed by atoms with van der Waals surface area (Å²) in [4.78, 5) is 21.3. The molecule has 27 heavy (non-hydrogen) atoms. The van der Waals surface area contributed by atoms with Gasteiger partial charge in [-0.25, -0.2) is 0 Å². The first-order valence-corrected chi connectivity index (χ1v) is 10.0. The Morgan fingerprint density at radius 3 is 2.56 bits per heavy atom. The number of benzene rings is 1. The standard InChI is InChI=1S/C21H35N5O/c1-16(2)25(17(3)4)14-12-23-21(22-5)24-15-20(27)26-13-8-10-18-9-6-7-11-19(18)26/h6-7,9,11,16-17H,8,10,12-15H2,1-5H3,(H2,22,23,24). The normalized spacial score (nSPS) is 14.7. The number of fused-ring (bicyclic) bond motifs is 1. The van der Waals surface area contributed by atoms with Crippen LogP contribution in [0.3, 0.4) is 0 Å². The smallest absolute Gasteiger partial charge is 0.246 e. The lowest BCUT2D eigenvalue weighted by molar-refractivity contribution is -0.117. The predicted octanol–water partition coefficient (Wildman–Crippen LogP) is 2.25. The van der Waals surface area contributed by atoms with E-state index in [9.17, 15) is 4.79 Å². The van der Waals surface area contributed by atoms with E-state index in [-0.39, 0.29) is 12.5 Å². The predicted molar refractivity (Wildman–Crippen MR) is 113 cm³/mol. The number of rotatable bonds is 7. The number of nitrogens with zero attached hydrogens (tertiary/aromatic N) is 3. The SMILES string of the molecule is CN=C(NCCN(C(C)C)C(C)C)NCC(=O)N1CCCc2ccccc21. The van der Waals surface area contributed by atoms with Crippen LogP contribution in [0, 0.1) is 0 Å². The highest BCUT2D eigenvalue weighted by molar-refractivity contribution is 5.98. The fraction of sp³-hybridized carbons (Fsp3) is 0.619. The van der Waals surface area contributed by atoms with Crippen molar-refractivity contribution in [2.24, 2.45) is 4.99 Å². The van der Waals surface area contributed by atoms with E-state index in [4.69, 9.17) is 0 Å². The zero-order chi connectivity index (χ0) is 19.8. The summed E-state index contributed by atoms with van der Waals surface area (Å²) in [5.74, 6) is 0.747. The van der Waals surface area contributed by atoms with Crippen molar-refractivity contribution in [3.63, 3.8) is 0 Å². The Hall–Kier alpha value is -2.08. The average Bonchev–Trinajstić information content (AvgIpc) is 2.66. The maximum Gasteiger partial charge on any atom is 0.246 e. The number of amides is 1. The first-order chi connectivity index (χ1) is 12.9. The third kappa shape index (κ3) is 5.96. The molecule has 150 valence electrons. The van der Waals surface area contributed by atoms with Gasteiger partial charge in [0, 0.05) is 44.5 Å². The molecule has 2 N–H and O–H groups in total. The van der Waals surface area contributed by atoms with Gasteiger partial charge in [-0.2, -0.15) is 0 Å². The highest BCUT2D eigenvalue weighted by Gasteiger charge is 2.22. The summed E-state index contributed by atoms with van der Waals surface area (Å²) in [7, 11) is 1.73. The molecule has 2 rings (SSSR count). The van der Waals surface area contributed by atoms with Crippen LogP contribution in [0.5, 0.6) is 0 Å². The molecule has 0 aromatic heterocycles. The van der Waals surface area contributed by atoms with Crippen molar-refractivity contribution in [2.75, 3.05) is 38.1 Å². The van der Waals surface area contributed by atoms with Crippen molar-refractivity contribution in [3.8, 4) is 0 Å². The fourth-order valence-electron chi connectivity index (χ4n) is 3.68. The van der Waals surface area contributed by atoms with Gasteiger partial charge in [0.1, 0.15) is 0 Å². The van der Waals surface area contributed by atoms with Crippen molar-refractivity contribution in [1.82, 2.24) is 15.5 Å². The van der Waals surface area contributed by atoms with Crippen LogP contribution in [0.25, 0.3) is 0 Å². The Bertz CT molecular complexity index is 633. The van der Waals surface area contributed by atoms with Crippen molar-refractivity contribution in [2.45, 2.75) is 52.6 Å². The van der Waals surface area contributed by atoms with Gasteiger partial charge in [0.05, 0.1) is 6.54 Å². The second-order valence-corrected chi connectivity index (χ2v) is 7.56. The summed E-state index contributed by atoms with van der Waals surface area (Å²) in [5, 5.41) is 6.47. The molecule has 0 saturated carbocycles. The van der Waals surface area contributed by atoms with E-state index in [0.717, 1.165) is 38.2 Å². The van der Waals surface area contributed by atoms with Crippen LogP contribution in [0.4, 0.5) is 5.69 Å². The number of nitrogens with one attached hydrogen (secondary N) is 2. The Morgan fingerprint density at radius 2 is 1.89 bits per heavy atom. The van der Waals surface area contributed by atoms with Crippen molar-refractivity contribution in [3.05, 3.63) is 29.8 Å². The number of hydrogen-bond donors (Lipinski definition) is 2. The van der Waals surface area contributed by atoms with Crippen molar-refractivity contribution in [1.29, 1.82) is 0 Å². The lowest BCUT2D eigenvalue weighted by atomic mass is 10.0. The molecule has 1 aromatic rings. The molecule has 1 amide bonds. The van der Waals surface area contributed by atoms with E-state index >= 15 is 0 Å². The summed E-state index contributed by atoms with van der Waals surface area (Å²) in [6.45, 7) is 11.6. The Morgan fingerprint density at radius 1 is 1.19 bits per heavy atom. The Balaban J connectivity index is 1.83. The van der Waals surface area contributed by atoms with Gasteiger partial charge in [-0.3, -0.25) is 14.7 Å². The van der Waals surface area contributed by atoms with Crippen molar-refractivity contribution >= 4 is 17.6 Å². The Kier molecular flexibility index (Phi) is 8.10. The minimum absolute atomic E-state index is 0.0797. The van der Waals surface area contributed by atoms with Crippen LogP contribution in [-0.4, -0.2) is 62.1 Å². The van der Waals surface area contributed by atoms with Crippen LogP contribution >= 0.6 is 0 Å². The van der Waals surface area contributed by atoms with Crippen molar-refractivity contribution < 1.29 is 4.79 Å². The monoisotopic (exact) mass is 373 g/mol. The van der Waals surface area contributed by atoms with E-state index in [1.54, 1.807) is 7.05 Å². The number of carbonyl (C=O) groups is 1. The molecule has 0 saturated heterocycles. The molecular formula is C21H35N5O. The molecule has 0 bridgehead atoms. The number of carbonyl (C=O) groups excluding carboxylic acids is 1. The molecule has 1 heterocycles. The first-order valence-electron chi connectivity index (χ1n) is 10.0. The number of anilines is 1. The molecule has 0 unspecified atom stereocenters. The molecule has 1 aromatic carbocycles. The highest BCUT2D eigenvalue weighted by Crippen LogP contribution is 2.26. The molecule has 0 atom stereocenters. The van der Waals surface area contributed by atoms with Gasteiger partial charge in [-0.1, -0.05) is 18.2 Å². The topological polar surface area (TPSA) is 60.0 Å². The highest BCUT2D eigenvalue weighted by atomic mass is 16.2. The fourth-order valence-corrected chi connectivity index (χ4v) is 3.68. The van der Waals surface area contributed by atoms with E-state index in [0.29, 0.717) is 18.0 Å². The number of aryl methyl sites for hydroxylation is 1. The summed E-state index contributed by atoms with van der Waals surface area (Å²) < 4.78 is 0. The molecule has 0 spiro atoms. The number of para-hydroxylation sites is 1. The van der Waals surface area contributed by atoms with Gasteiger partial charge in [0.15, 0.2) is 5.96 Å².